The number of rotatable bonds is 1. The first-order valence-electron chi connectivity index (χ1n) is 4.13. The van der Waals surface area contributed by atoms with Gasteiger partial charge < -0.3 is 4.74 Å². The molecule has 0 saturated heterocycles. The first-order valence-corrected chi connectivity index (χ1v) is 5.21. The van der Waals surface area contributed by atoms with Crippen LogP contribution >= 0.6 is 22.6 Å². The molecule has 0 aromatic carbocycles. The van der Waals surface area contributed by atoms with Crippen molar-refractivity contribution in [3.8, 4) is 0 Å². The van der Waals surface area contributed by atoms with Crippen LogP contribution in [0.2, 0.25) is 0 Å². The molecule has 64 valence electrons. The molecular weight excluding hydrogens is 251 g/mol. The third kappa shape index (κ3) is 2.36. The predicted molar refractivity (Wildman–Crippen MR) is 55.6 cm³/mol. The van der Waals surface area contributed by atoms with Crippen molar-refractivity contribution in [3.63, 3.8) is 0 Å². The molecule has 2 heteroatoms. The lowest BCUT2D eigenvalue weighted by Crippen LogP contribution is -2.28. The van der Waals surface area contributed by atoms with E-state index in [4.69, 9.17) is 4.74 Å². The van der Waals surface area contributed by atoms with Gasteiger partial charge >= 0.3 is 0 Å². The van der Waals surface area contributed by atoms with Crippen LogP contribution in [0.5, 0.6) is 0 Å². The Labute approximate surface area is 82.3 Å². The zero-order valence-corrected chi connectivity index (χ0v) is 9.46. The highest BCUT2D eigenvalue weighted by molar-refractivity contribution is 14.1. The van der Waals surface area contributed by atoms with Crippen molar-refractivity contribution in [3.05, 3.63) is 9.84 Å². The van der Waals surface area contributed by atoms with Crippen LogP contribution in [-0.2, 0) is 4.74 Å². The van der Waals surface area contributed by atoms with Gasteiger partial charge in [0.15, 0.2) is 3.77 Å². The van der Waals surface area contributed by atoms with Gasteiger partial charge in [-0.15, -0.1) is 0 Å². The fourth-order valence-electron chi connectivity index (χ4n) is 1.50. The number of allylic oxidation sites excluding steroid dienone is 1. The summed E-state index contributed by atoms with van der Waals surface area (Å²) in [5.41, 5.74) is 0. The molecule has 1 aliphatic rings. The van der Waals surface area contributed by atoms with E-state index < -0.39 is 0 Å². The Morgan fingerprint density at radius 2 is 2.27 bits per heavy atom. The van der Waals surface area contributed by atoms with Gasteiger partial charge in [0.25, 0.3) is 0 Å². The quantitative estimate of drug-likeness (QED) is 0.661. The second kappa shape index (κ2) is 3.78. The largest absolute Gasteiger partial charge is 0.484 e. The number of halogens is 1. The molecule has 0 saturated carbocycles. The van der Waals surface area contributed by atoms with Crippen molar-refractivity contribution in [2.24, 2.45) is 11.8 Å². The molecule has 1 aliphatic heterocycles. The van der Waals surface area contributed by atoms with Crippen molar-refractivity contribution in [2.45, 2.75) is 33.3 Å². The third-order valence-electron chi connectivity index (χ3n) is 2.12. The second-order valence-corrected chi connectivity index (χ2v) is 4.61. The molecule has 0 bridgehead atoms. The minimum atomic E-state index is 0.423. The van der Waals surface area contributed by atoms with Crippen LogP contribution in [0.15, 0.2) is 9.84 Å². The molecular formula is C9H15IO. The van der Waals surface area contributed by atoms with Gasteiger partial charge in [-0.25, -0.2) is 0 Å². The van der Waals surface area contributed by atoms with Crippen LogP contribution in [0.25, 0.3) is 0 Å². The van der Waals surface area contributed by atoms with Gasteiger partial charge in [0.1, 0.15) is 6.10 Å². The fourth-order valence-corrected chi connectivity index (χ4v) is 2.05. The molecule has 0 radical (unpaired) electrons. The average molecular weight is 266 g/mol. The molecule has 1 nitrogen and oxygen atoms in total. The second-order valence-electron chi connectivity index (χ2n) is 3.55. The molecule has 0 spiro atoms. The monoisotopic (exact) mass is 266 g/mol. The molecule has 0 aromatic rings. The molecule has 0 aromatic heterocycles. The van der Waals surface area contributed by atoms with Crippen molar-refractivity contribution >= 4 is 22.6 Å². The van der Waals surface area contributed by atoms with Gasteiger partial charge in [0.05, 0.1) is 0 Å². The standard InChI is InChI=1S/C9H15IO/c1-6(2)9-7(3)4-5-8(10)11-9/h5-7,9H,4H2,1-3H3. The van der Waals surface area contributed by atoms with Gasteiger partial charge in [0.2, 0.25) is 0 Å². The molecule has 0 amide bonds. The maximum atomic E-state index is 5.71. The summed E-state index contributed by atoms with van der Waals surface area (Å²) in [6.45, 7) is 6.69. The molecule has 2 atom stereocenters. The van der Waals surface area contributed by atoms with Crippen LogP contribution < -0.4 is 0 Å². The Morgan fingerprint density at radius 3 is 2.73 bits per heavy atom. The van der Waals surface area contributed by atoms with Gasteiger partial charge in [-0.1, -0.05) is 20.8 Å². The highest BCUT2D eigenvalue weighted by Gasteiger charge is 2.25. The van der Waals surface area contributed by atoms with Crippen molar-refractivity contribution in [1.82, 2.24) is 0 Å². The van der Waals surface area contributed by atoms with E-state index in [2.05, 4.69) is 49.4 Å². The van der Waals surface area contributed by atoms with E-state index in [-0.39, 0.29) is 0 Å². The predicted octanol–water partition coefficient (Wildman–Crippen LogP) is 3.34. The molecule has 1 rings (SSSR count). The minimum absolute atomic E-state index is 0.423. The SMILES string of the molecule is CC(C)C1OC(I)=CCC1C. The van der Waals surface area contributed by atoms with Crippen LogP contribution in [0.3, 0.4) is 0 Å². The van der Waals surface area contributed by atoms with Gasteiger partial charge in [-0.2, -0.15) is 0 Å². The summed E-state index contributed by atoms with van der Waals surface area (Å²) in [4.78, 5) is 0. The summed E-state index contributed by atoms with van der Waals surface area (Å²) < 4.78 is 6.78. The molecule has 0 fully saturated rings. The summed E-state index contributed by atoms with van der Waals surface area (Å²) in [6.07, 6.45) is 3.76. The topological polar surface area (TPSA) is 9.23 Å². The van der Waals surface area contributed by atoms with Crippen LogP contribution in [0.1, 0.15) is 27.2 Å². The first-order chi connectivity index (χ1) is 5.11. The van der Waals surface area contributed by atoms with E-state index in [9.17, 15) is 0 Å². The maximum Gasteiger partial charge on any atom is 0.153 e. The van der Waals surface area contributed by atoms with E-state index in [1.54, 1.807) is 0 Å². The number of hydrogen-bond donors (Lipinski definition) is 0. The Hall–Kier alpha value is 0.270. The minimum Gasteiger partial charge on any atom is -0.484 e. The van der Waals surface area contributed by atoms with Gasteiger partial charge in [-0.3, -0.25) is 0 Å². The molecule has 11 heavy (non-hydrogen) atoms. The van der Waals surface area contributed by atoms with Crippen molar-refractivity contribution in [2.75, 3.05) is 0 Å². The zero-order valence-electron chi connectivity index (χ0n) is 7.30. The summed E-state index contributed by atoms with van der Waals surface area (Å²) in [5.74, 6) is 1.30. The van der Waals surface area contributed by atoms with E-state index in [0.717, 1.165) is 3.77 Å². The molecule has 1 heterocycles. The lowest BCUT2D eigenvalue weighted by molar-refractivity contribution is 0.0389. The van der Waals surface area contributed by atoms with E-state index >= 15 is 0 Å². The van der Waals surface area contributed by atoms with E-state index in [1.165, 1.54) is 6.42 Å². The summed E-state index contributed by atoms with van der Waals surface area (Å²) in [5, 5.41) is 0. The summed E-state index contributed by atoms with van der Waals surface area (Å²) in [7, 11) is 0. The first kappa shape index (κ1) is 9.36. The smallest absolute Gasteiger partial charge is 0.153 e. The van der Waals surface area contributed by atoms with Crippen molar-refractivity contribution in [1.29, 1.82) is 0 Å². The Balaban J connectivity index is 2.60. The normalized spacial score (nSPS) is 31.5. The Morgan fingerprint density at radius 1 is 1.64 bits per heavy atom. The van der Waals surface area contributed by atoms with Crippen LogP contribution in [0, 0.1) is 11.8 Å². The number of ether oxygens (including phenoxy) is 1. The van der Waals surface area contributed by atoms with Crippen LogP contribution in [-0.4, -0.2) is 6.10 Å². The zero-order chi connectivity index (χ0) is 8.43. The van der Waals surface area contributed by atoms with Crippen LogP contribution in [0.4, 0.5) is 0 Å². The Kier molecular flexibility index (Phi) is 3.22. The maximum absolute atomic E-state index is 5.71. The fraction of sp³-hybridized carbons (Fsp3) is 0.778. The molecule has 0 N–H and O–H groups in total. The lowest BCUT2D eigenvalue weighted by Gasteiger charge is -2.30. The summed E-state index contributed by atoms with van der Waals surface area (Å²) in [6, 6.07) is 0. The van der Waals surface area contributed by atoms with E-state index in [1.807, 2.05) is 0 Å². The number of hydrogen-bond acceptors (Lipinski definition) is 1. The third-order valence-corrected chi connectivity index (χ3v) is 2.81. The molecule has 0 aliphatic carbocycles. The van der Waals surface area contributed by atoms with Gasteiger partial charge in [-0.05, 0) is 46.9 Å². The highest BCUT2D eigenvalue weighted by atomic mass is 127. The van der Waals surface area contributed by atoms with E-state index in [0.29, 0.717) is 17.9 Å². The Bertz CT molecular complexity index is 163. The van der Waals surface area contributed by atoms with Crippen molar-refractivity contribution < 1.29 is 4.74 Å². The highest BCUT2D eigenvalue weighted by Crippen LogP contribution is 2.30. The average Bonchev–Trinajstić information content (AvgIpc) is 1.94. The van der Waals surface area contributed by atoms with Gasteiger partial charge in [0, 0.05) is 0 Å². The lowest BCUT2D eigenvalue weighted by atomic mass is 9.91. The molecule has 2 unspecified atom stereocenters. The summed E-state index contributed by atoms with van der Waals surface area (Å²) >= 11 is 2.25.